The average Bonchev–Trinajstić information content (AvgIpc) is 3.57. The van der Waals surface area contributed by atoms with E-state index >= 15 is 0 Å². The van der Waals surface area contributed by atoms with Gasteiger partial charge in [-0.25, -0.2) is 14.6 Å². The molecule has 0 aliphatic carbocycles. The van der Waals surface area contributed by atoms with Crippen LogP contribution < -0.4 is 11.3 Å². The number of rotatable bonds is 6. The quantitative estimate of drug-likeness (QED) is 0.331. The van der Waals surface area contributed by atoms with E-state index in [4.69, 9.17) is 8.83 Å². The van der Waals surface area contributed by atoms with E-state index in [-0.39, 0.29) is 18.4 Å². The van der Waals surface area contributed by atoms with Crippen LogP contribution in [0.3, 0.4) is 0 Å². The summed E-state index contributed by atoms with van der Waals surface area (Å²) in [6, 6.07) is 14.1. The van der Waals surface area contributed by atoms with Crippen molar-refractivity contribution in [2.75, 3.05) is 6.54 Å². The number of hydrogen-bond donors (Lipinski definition) is 0. The lowest BCUT2D eigenvalue weighted by molar-refractivity contribution is 0.0651. The zero-order chi connectivity index (χ0) is 25.5. The van der Waals surface area contributed by atoms with Gasteiger partial charge in [0.2, 0.25) is 5.71 Å². The molecule has 0 saturated carbocycles. The highest BCUT2D eigenvalue weighted by Crippen LogP contribution is 2.31. The van der Waals surface area contributed by atoms with Crippen molar-refractivity contribution in [1.29, 1.82) is 0 Å². The van der Waals surface area contributed by atoms with E-state index in [1.807, 2.05) is 15.2 Å². The highest BCUT2D eigenvalue weighted by atomic mass is 16.4. The number of amides is 2. The number of aromatic nitrogens is 3. The Morgan fingerprint density at radius 3 is 2.22 bits per heavy atom. The summed E-state index contributed by atoms with van der Waals surface area (Å²) in [6.07, 6.45) is 5.46. The Balaban J connectivity index is 1.45. The molecule has 4 heterocycles. The molecule has 2 aromatic carbocycles. The summed E-state index contributed by atoms with van der Waals surface area (Å²) in [5.74, 6) is -0.647. The molecule has 0 saturated heterocycles. The summed E-state index contributed by atoms with van der Waals surface area (Å²) in [6.45, 7) is 0.825. The summed E-state index contributed by atoms with van der Waals surface area (Å²) < 4.78 is 14.9. The van der Waals surface area contributed by atoms with Crippen LogP contribution in [-0.2, 0) is 13.1 Å². The van der Waals surface area contributed by atoms with Crippen molar-refractivity contribution in [3.63, 3.8) is 0 Å². The van der Waals surface area contributed by atoms with Gasteiger partial charge in [-0.3, -0.25) is 14.5 Å². The molecule has 5 aromatic rings. The van der Waals surface area contributed by atoms with Gasteiger partial charge in [-0.2, -0.15) is 0 Å². The minimum atomic E-state index is -0.725. The first-order valence-corrected chi connectivity index (χ1v) is 11.7. The summed E-state index contributed by atoms with van der Waals surface area (Å²) in [4.78, 5) is 55.7. The highest BCUT2D eigenvalue weighted by Gasteiger charge is 2.34. The van der Waals surface area contributed by atoms with Gasteiger partial charge in [-0.15, -0.1) is 0 Å². The fourth-order valence-electron chi connectivity index (χ4n) is 4.80. The topological polar surface area (TPSA) is 121 Å². The van der Waals surface area contributed by atoms with E-state index in [2.05, 4.69) is 4.98 Å². The average molecular weight is 496 g/mol. The van der Waals surface area contributed by atoms with Crippen LogP contribution in [0.25, 0.3) is 22.2 Å². The molecule has 2 amide bonds. The zero-order valence-corrected chi connectivity index (χ0v) is 19.5. The third-order valence-corrected chi connectivity index (χ3v) is 6.40. The zero-order valence-electron chi connectivity index (χ0n) is 19.5. The van der Waals surface area contributed by atoms with E-state index in [1.165, 1.54) is 4.90 Å². The summed E-state index contributed by atoms with van der Waals surface area (Å²) in [5.41, 5.74) is 1.33. The molecule has 1 aliphatic rings. The van der Waals surface area contributed by atoms with Crippen LogP contribution in [0.4, 0.5) is 0 Å². The molecule has 0 fully saturated rings. The van der Waals surface area contributed by atoms with Crippen molar-refractivity contribution in [3.8, 4) is 0 Å². The van der Waals surface area contributed by atoms with Crippen LogP contribution in [0.15, 0.2) is 91.7 Å². The van der Waals surface area contributed by atoms with Crippen molar-refractivity contribution < 1.29 is 18.4 Å². The summed E-state index contributed by atoms with van der Waals surface area (Å²) in [7, 11) is 0. The molecule has 10 heteroatoms. The third-order valence-electron chi connectivity index (χ3n) is 6.40. The molecule has 1 aliphatic heterocycles. The van der Waals surface area contributed by atoms with E-state index < -0.39 is 11.3 Å². The number of benzene rings is 2. The van der Waals surface area contributed by atoms with Crippen molar-refractivity contribution in [2.45, 2.75) is 19.5 Å². The molecule has 2 bridgehead atoms. The maximum Gasteiger partial charge on any atom is 0.337 e. The van der Waals surface area contributed by atoms with Crippen molar-refractivity contribution in [1.82, 2.24) is 19.0 Å². The number of aryl methyl sites for hydroxylation is 1. The van der Waals surface area contributed by atoms with Gasteiger partial charge in [-0.1, -0.05) is 18.2 Å². The number of imidazole rings is 1. The Hall–Kier alpha value is -4.99. The lowest BCUT2D eigenvalue weighted by Crippen LogP contribution is -2.31. The monoisotopic (exact) mass is 496 g/mol. The van der Waals surface area contributed by atoms with Gasteiger partial charge >= 0.3 is 11.3 Å². The second-order valence-electron chi connectivity index (χ2n) is 8.66. The van der Waals surface area contributed by atoms with Crippen LogP contribution in [-0.4, -0.2) is 37.4 Å². The number of carbonyl (C=O) groups excluding carboxylic acids is 2. The van der Waals surface area contributed by atoms with Crippen molar-refractivity contribution in [3.05, 3.63) is 111 Å². The van der Waals surface area contributed by atoms with Crippen molar-refractivity contribution >= 4 is 34.0 Å². The molecular formula is C27H20N4O6. The van der Waals surface area contributed by atoms with Gasteiger partial charge in [-0.05, 0) is 30.7 Å². The lowest BCUT2D eigenvalue weighted by atomic mass is 10.1. The van der Waals surface area contributed by atoms with E-state index in [9.17, 15) is 19.2 Å². The maximum absolute atomic E-state index is 12.8. The van der Waals surface area contributed by atoms with Crippen molar-refractivity contribution in [2.24, 2.45) is 0 Å². The van der Waals surface area contributed by atoms with Gasteiger partial charge in [0.15, 0.2) is 0 Å². The number of fused-ring (bicyclic) bond motifs is 2. The van der Waals surface area contributed by atoms with Gasteiger partial charge in [0.25, 0.3) is 11.8 Å². The van der Waals surface area contributed by atoms with Crippen LogP contribution in [0.2, 0.25) is 0 Å². The molecule has 3 aromatic heterocycles. The van der Waals surface area contributed by atoms with Crippen LogP contribution >= 0.6 is 0 Å². The predicted octanol–water partition coefficient (Wildman–Crippen LogP) is 3.19. The number of imide groups is 1. The first-order chi connectivity index (χ1) is 18.0. The second-order valence-corrected chi connectivity index (χ2v) is 8.66. The lowest BCUT2D eigenvalue weighted by Gasteiger charge is -2.14. The largest absolute Gasteiger partial charge is 0.423 e. The van der Waals surface area contributed by atoms with E-state index in [1.54, 1.807) is 55.1 Å². The standard InChI is InChI=1S/C27H20N4O6/c32-22-9-10-23(33)37-27-19(15-29-14-11-28-16-29)24-20(7-3-8-21(24)36-22)30(27)12-4-13-31-25(34)17-5-1-2-6-18(17)26(31)35/h1-3,5-11,14,16H,4,12-13,15H2. The Labute approximate surface area is 208 Å². The Bertz CT molecular complexity index is 1790. The van der Waals surface area contributed by atoms with Gasteiger partial charge in [0.1, 0.15) is 5.58 Å². The van der Waals surface area contributed by atoms with Crippen LogP contribution in [0.1, 0.15) is 32.7 Å². The minimum absolute atomic E-state index is 0.185. The van der Waals surface area contributed by atoms with Gasteiger partial charge in [0.05, 0.1) is 34.9 Å². The van der Waals surface area contributed by atoms with Crippen LogP contribution in [0, 0.1) is 0 Å². The Kier molecular flexibility index (Phi) is 5.41. The number of carbonyl (C=O) groups is 2. The predicted molar refractivity (Wildman–Crippen MR) is 133 cm³/mol. The molecule has 0 N–H and O–H groups in total. The molecule has 6 rings (SSSR count). The molecule has 0 radical (unpaired) electrons. The maximum atomic E-state index is 12.8. The number of hydrogen-bond acceptors (Lipinski definition) is 7. The summed E-state index contributed by atoms with van der Waals surface area (Å²) >= 11 is 0. The fourth-order valence-corrected chi connectivity index (χ4v) is 4.80. The molecule has 10 nitrogen and oxygen atoms in total. The van der Waals surface area contributed by atoms with E-state index in [0.29, 0.717) is 58.4 Å². The van der Waals surface area contributed by atoms with Gasteiger partial charge < -0.3 is 18.0 Å². The second kappa shape index (κ2) is 8.90. The normalized spacial score (nSPS) is 13.0. The van der Waals surface area contributed by atoms with Crippen LogP contribution in [0.5, 0.6) is 0 Å². The molecule has 184 valence electrons. The SMILES string of the molecule is O=C1c2ccccc2C(=O)N1CCCn1c2oc(=O)ccc(=O)oc3cccc1c3c2Cn1ccnc1. The minimum Gasteiger partial charge on any atom is -0.423 e. The Morgan fingerprint density at radius 2 is 1.51 bits per heavy atom. The van der Waals surface area contributed by atoms with Gasteiger partial charge in [0, 0.05) is 43.2 Å². The smallest absolute Gasteiger partial charge is 0.337 e. The molecule has 0 unspecified atom stereocenters. The molecule has 37 heavy (non-hydrogen) atoms. The summed E-state index contributed by atoms with van der Waals surface area (Å²) in [5, 5.41) is 0.628. The molecular weight excluding hydrogens is 476 g/mol. The first kappa shape index (κ1) is 22.5. The molecule has 0 atom stereocenters. The first-order valence-electron chi connectivity index (χ1n) is 11.7. The molecule has 0 spiro atoms. The Morgan fingerprint density at radius 1 is 0.784 bits per heavy atom. The number of nitrogens with zero attached hydrogens (tertiary/aromatic N) is 4. The third kappa shape index (κ3) is 3.88. The van der Waals surface area contributed by atoms with E-state index in [0.717, 1.165) is 12.1 Å². The fraction of sp³-hybridized carbons (Fsp3) is 0.148. The highest BCUT2D eigenvalue weighted by molar-refractivity contribution is 6.21.